The Kier molecular flexibility index (Phi) is 5.11. The maximum absolute atomic E-state index is 11.1. The second-order valence-corrected chi connectivity index (χ2v) is 4.71. The van der Waals surface area contributed by atoms with Crippen LogP contribution in [0.2, 0.25) is 0 Å². The molecule has 106 valence electrons. The van der Waals surface area contributed by atoms with Gasteiger partial charge in [0.15, 0.2) is 0 Å². The smallest absolute Gasteiger partial charge is 0.305 e. The standard InChI is InChI=1S/C18H17NO2/c1-14-13-17(11-12-19-14)8-7-15-3-5-16(6-4-15)9-10-18(20)21-2/h3-6,11-13H,9-10H2,1-2H3. The van der Waals surface area contributed by atoms with Crippen molar-refractivity contribution in [1.29, 1.82) is 0 Å². The lowest BCUT2D eigenvalue weighted by atomic mass is 10.1. The van der Waals surface area contributed by atoms with Gasteiger partial charge in [-0.1, -0.05) is 24.0 Å². The first-order valence-electron chi connectivity index (χ1n) is 6.78. The molecular weight excluding hydrogens is 262 g/mol. The van der Waals surface area contributed by atoms with E-state index >= 15 is 0 Å². The normalized spacial score (nSPS) is 9.62. The molecule has 0 saturated heterocycles. The van der Waals surface area contributed by atoms with Crippen LogP contribution in [0.25, 0.3) is 0 Å². The molecule has 0 radical (unpaired) electrons. The van der Waals surface area contributed by atoms with Crippen LogP contribution in [0.5, 0.6) is 0 Å². The molecule has 0 amide bonds. The average molecular weight is 279 g/mol. The Bertz CT molecular complexity index is 678. The molecule has 0 N–H and O–H groups in total. The van der Waals surface area contributed by atoms with Gasteiger partial charge >= 0.3 is 5.97 Å². The Balaban J connectivity index is 2.01. The van der Waals surface area contributed by atoms with E-state index in [1.807, 2.05) is 43.3 Å². The summed E-state index contributed by atoms with van der Waals surface area (Å²) in [6.45, 7) is 1.95. The molecule has 2 rings (SSSR count). The van der Waals surface area contributed by atoms with E-state index in [9.17, 15) is 4.79 Å². The van der Waals surface area contributed by atoms with E-state index in [0.29, 0.717) is 12.8 Å². The van der Waals surface area contributed by atoms with Gasteiger partial charge in [-0.25, -0.2) is 0 Å². The molecule has 0 unspecified atom stereocenters. The number of esters is 1. The molecule has 1 aromatic heterocycles. The summed E-state index contributed by atoms with van der Waals surface area (Å²) in [4.78, 5) is 15.2. The van der Waals surface area contributed by atoms with E-state index in [0.717, 1.165) is 22.4 Å². The minimum absolute atomic E-state index is 0.188. The minimum atomic E-state index is -0.188. The molecule has 0 bridgehead atoms. The molecule has 2 aromatic rings. The lowest BCUT2D eigenvalue weighted by molar-refractivity contribution is -0.140. The third kappa shape index (κ3) is 4.77. The van der Waals surface area contributed by atoms with Gasteiger partial charge in [-0.05, 0) is 43.2 Å². The number of methoxy groups -OCH3 is 1. The second-order valence-electron chi connectivity index (χ2n) is 4.71. The van der Waals surface area contributed by atoms with E-state index in [4.69, 9.17) is 0 Å². The fourth-order valence-corrected chi connectivity index (χ4v) is 1.87. The van der Waals surface area contributed by atoms with Crippen molar-refractivity contribution in [3.8, 4) is 11.8 Å². The summed E-state index contributed by atoms with van der Waals surface area (Å²) >= 11 is 0. The van der Waals surface area contributed by atoms with Crippen molar-refractivity contribution >= 4 is 5.97 Å². The Morgan fingerprint density at radius 2 is 1.86 bits per heavy atom. The largest absolute Gasteiger partial charge is 0.469 e. The van der Waals surface area contributed by atoms with Crippen molar-refractivity contribution in [2.75, 3.05) is 7.11 Å². The molecular formula is C18H17NO2. The van der Waals surface area contributed by atoms with Crippen molar-refractivity contribution in [2.24, 2.45) is 0 Å². The SMILES string of the molecule is COC(=O)CCc1ccc(C#Cc2ccnc(C)c2)cc1. The number of pyridine rings is 1. The molecule has 0 fully saturated rings. The topological polar surface area (TPSA) is 39.2 Å². The molecule has 3 heteroatoms. The monoisotopic (exact) mass is 279 g/mol. The van der Waals surface area contributed by atoms with Gasteiger partial charge in [0, 0.05) is 29.4 Å². The first-order chi connectivity index (χ1) is 10.2. The fourth-order valence-electron chi connectivity index (χ4n) is 1.87. The molecule has 0 spiro atoms. The van der Waals surface area contributed by atoms with E-state index in [1.54, 1.807) is 6.20 Å². The van der Waals surface area contributed by atoms with Gasteiger partial charge in [-0.2, -0.15) is 0 Å². The molecule has 1 heterocycles. The lowest BCUT2D eigenvalue weighted by Gasteiger charge is -2.00. The maximum atomic E-state index is 11.1. The zero-order valence-electron chi connectivity index (χ0n) is 12.2. The quantitative estimate of drug-likeness (QED) is 0.640. The minimum Gasteiger partial charge on any atom is -0.469 e. The summed E-state index contributed by atoms with van der Waals surface area (Å²) in [7, 11) is 1.40. The number of aryl methyl sites for hydroxylation is 2. The molecule has 0 saturated carbocycles. The summed E-state index contributed by atoms with van der Waals surface area (Å²) in [6, 6.07) is 11.8. The van der Waals surface area contributed by atoms with Crippen LogP contribution in [0.15, 0.2) is 42.6 Å². The first-order valence-corrected chi connectivity index (χ1v) is 6.78. The van der Waals surface area contributed by atoms with E-state index in [-0.39, 0.29) is 5.97 Å². The number of carbonyl (C=O) groups is 1. The first kappa shape index (κ1) is 14.8. The Morgan fingerprint density at radius 3 is 2.52 bits per heavy atom. The van der Waals surface area contributed by atoms with Gasteiger partial charge in [0.05, 0.1) is 7.11 Å². The van der Waals surface area contributed by atoms with Gasteiger partial charge in [-0.3, -0.25) is 9.78 Å². The molecule has 3 nitrogen and oxygen atoms in total. The number of ether oxygens (including phenoxy) is 1. The molecule has 21 heavy (non-hydrogen) atoms. The number of rotatable bonds is 3. The highest BCUT2D eigenvalue weighted by molar-refractivity contribution is 5.69. The van der Waals surface area contributed by atoms with Crippen LogP contribution < -0.4 is 0 Å². The zero-order valence-corrected chi connectivity index (χ0v) is 12.2. The third-order valence-corrected chi connectivity index (χ3v) is 3.05. The van der Waals surface area contributed by atoms with Crippen LogP contribution in [0.1, 0.15) is 28.8 Å². The van der Waals surface area contributed by atoms with E-state index in [1.165, 1.54) is 7.11 Å². The summed E-state index contributed by atoms with van der Waals surface area (Å²) in [5.41, 5.74) is 3.97. The predicted molar refractivity (Wildman–Crippen MR) is 81.7 cm³/mol. The highest BCUT2D eigenvalue weighted by Gasteiger charge is 2.00. The van der Waals surface area contributed by atoms with Crippen LogP contribution in [0, 0.1) is 18.8 Å². The van der Waals surface area contributed by atoms with Crippen LogP contribution >= 0.6 is 0 Å². The molecule has 1 aromatic carbocycles. The van der Waals surface area contributed by atoms with E-state index < -0.39 is 0 Å². The molecule has 0 aliphatic heterocycles. The van der Waals surface area contributed by atoms with Crippen LogP contribution in [-0.4, -0.2) is 18.1 Å². The van der Waals surface area contributed by atoms with Gasteiger partial charge in [-0.15, -0.1) is 0 Å². The number of aromatic nitrogens is 1. The van der Waals surface area contributed by atoms with Crippen molar-refractivity contribution in [2.45, 2.75) is 19.8 Å². The Morgan fingerprint density at radius 1 is 1.14 bits per heavy atom. The summed E-state index contributed by atoms with van der Waals surface area (Å²) in [6.07, 6.45) is 2.84. The Labute approximate surface area is 125 Å². The van der Waals surface area contributed by atoms with Crippen molar-refractivity contribution < 1.29 is 9.53 Å². The Hall–Kier alpha value is -2.60. The van der Waals surface area contributed by atoms with Gasteiger partial charge in [0.25, 0.3) is 0 Å². The molecule has 0 aliphatic carbocycles. The third-order valence-electron chi connectivity index (χ3n) is 3.05. The fraction of sp³-hybridized carbons (Fsp3) is 0.222. The molecule has 0 aliphatic rings. The summed E-state index contributed by atoms with van der Waals surface area (Å²) < 4.78 is 4.63. The number of carbonyl (C=O) groups excluding carboxylic acids is 1. The van der Waals surface area contributed by atoms with E-state index in [2.05, 4.69) is 21.6 Å². The summed E-state index contributed by atoms with van der Waals surface area (Å²) in [5, 5.41) is 0. The summed E-state index contributed by atoms with van der Waals surface area (Å²) in [5.74, 6) is 6.05. The van der Waals surface area contributed by atoms with Gasteiger partial charge < -0.3 is 4.74 Å². The highest BCUT2D eigenvalue weighted by atomic mass is 16.5. The van der Waals surface area contributed by atoms with Gasteiger partial charge in [0.1, 0.15) is 0 Å². The number of hydrogen-bond donors (Lipinski definition) is 0. The van der Waals surface area contributed by atoms with Crippen LogP contribution in [-0.2, 0) is 16.0 Å². The van der Waals surface area contributed by atoms with Crippen LogP contribution in [0.3, 0.4) is 0 Å². The van der Waals surface area contributed by atoms with Crippen LogP contribution in [0.4, 0.5) is 0 Å². The number of benzene rings is 1. The van der Waals surface area contributed by atoms with Gasteiger partial charge in [0.2, 0.25) is 0 Å². The van der Waals surface area contributed by atoms with Crippen molar-refractivity contribution in [3.05, 3.63) is 65.0 Å². The zero-order chi connectivity index (χ0) is 15.1. The second kappa shape index (κ2) is 7.25. The predicted octanol–water partition coefficient (Wildman–Crippen LogP) is 2.90. The lowest BCUT2D eigenvalue weighted by Crippen LogP contribution is -2.01. The number of hydrogen-bond acceptors (Lipinski definition) is 3. The van der Waals surface area contributed by atoms with Crippen molar-refractivity contribution in [1.82, 2.24) is 4.98 Å². The maximum Gasteiger partial charge on any atom is 0.305 e. The van der Waals surface area contributed by atoms with Crippen molar-refractivity contribution in [3.63, 3.8) is 0 Å². The number of nitrogens with zero attached hydrogens (tertiary/aromatic N) is 1. The highest BCUT2D eigenvalue weighted by Crippen LogP contribution is 2.07. The average Bonchev–Trinajstić information content (AvgIpc) is 2.51. The molecule has 0 atom stereocenters.